The number of carboxylic acid groups (broad SMARTS) is 1. The van der Waals surface area contributed by atoms with Gasteiger partial charge < -0.3 is 10.4 Å². The molecule has 0 aromatic carbocycles. The van der Waals surface area contributed by atoms with Crippen LogP contribution in [-0.4, -0.2) is 37.6 Å². The summed E-state index contributed by atoms with van der Waals surface area (Å²) in [5.74, 6) is -1.01. The van der Waals surface area contributed by atoms with E-state index in [0.29, 0.717) is 28.5 Å². The number of aromatic carboxylic acids is 1. The first-order valence-corrected chi connectivity index (χ1v) is 8.61. The maximum atomic E-state index is 14.1. The van der Waals surface area contributed by atoms with Gasteiger partial charge in [0.1, 0.15) is 16.2 Å². The Morgan fingerprint density at radius 3 is 2.88 bits per heavy atom. The van der Waals surface area contributed by atoms with Crippen molar-refractivity contribution in [2.75, 3.05) is 11.9 Å². The fraction of sp³-hybridized carbons (Fsp3) is 0.312. The number of carbonyl (C=O) groups is 1. The molecule has 9 heteroatoms. The van der Waals surface area contributed by atoms with Crippen molar-refractivity contribution in [1.29, 1.82) is 0 Å². The summed E-state index contributed by atoms with van der Waals surface area (Å²) in [6.45, 7) is 0.469. The van der Waals surface area contributed by atoms with Gasteiger partial charge in [-0.25, -0.2) is 24.1 Å². The predicted octanol–water partition coefficient (Wildman–Crippen LogP) is 2.85. The molecule has 1 aliphatic carbocycles. The molecule has 1 saturated carbocycles. The van der Waals surface area contributed by atoms with Crippen molar-refractivity contribution < 1.29 is 14.3 Å². The highest BCUT2D eigenvalue weighted by molar-refractivity contribution is 7.19. The summed E-state index contributed by atoms with van der Waals surface area (Å²) in [6.07, 6.45) is 5.81. The molecule has 0 radical (unpaired) electrons. The summed E-state index contributed by atoms with van der Waals surface area (Å²) < 4.78 is 14.1. The molecule has 3 aromatic rings. The number of aromatic nitrogens is 4. The average Bonchev–Trinajstić information content (AvgIpc) is 2.99. The van der Waals surface area contributed by atoms with Crippen LogP contribution in [-0.2, 0) is 5.41 Å². The molecule has 0 bridgehead atoms. The molecule has 1 aliphatic rings. The highest BCUT2D eigenvalue weighted by Crippen LogP contribution is 2.43. The van der Waals surface area contributed by atoms with Crippen molar-refractivity contribution in [2.45, 2.75) is 24.7 Å². The Morgan fingerprint density at radius 2 is 2.20 bits per heavy atom. The molecule has 0 unspecified atom stereocenters. The number of nitrogens with zero attached hydrogens (tertiary/aromatic N) is 4. The van der Waals surface area contributed by atoms with Crippen LogP contribution in [0, 0.1) is 5.82 Å². The second-order valence-electron chi connectivity index (χ2n) is 6.03. The minimum Gasteiger partial charge on any atom is -0.476 e. The molecule has 0 saturated heterocycles. The molecule has 3 heterocycles. The van der Waals surface area contributed by atoms with E-state index in [-0.39, 0.29) is 16.2 Å². The van der Waals surface area contributed by atoms with Crippen LogP contribution >= 0.6 is 11.3 Å². The molecule has 1 fully saturated rings. The second-order valence-corrected chi connectivity index (χ2v) is 7.01. The van der Waals surface area contributed by atoms with E-state index in [1.165, 1.54) is 12.3 Å². The van der Waals surface area contributed by atoms with Crippen molar-refractivity contribution in [1.82, 2.24) is 19.9 Å². The van der Waals surface area contributed by atoms with E-state index in [0.717, 1.165) is 30.6 Å². The number of thiazole rings is 1. The zero-order chi connectivity index (χ0) is 17.4. The van der Waals surface area contributed by atoms with Crippen LogP contribution in [0.1, 0.15) is 34.8 Å². The number of pyridine rings is 1. The predicted molar refractivity (Wildman–Crippen MR) is 90.4 cm³/mol. The summed E-state index contributed by atoms with van der Waals surface area (Å²) in [7, 11) is 0. The largest absolute Gasteiger partial charge is 0.476 e. The summed E-state index contributed by atoms with van der Waals surface area (Å²) in [5, 5.41) is 12.1. The van der Waals surface area contributed by atoms with Crippen LogP contribution in [0.3, 0.4) is 0 Å². The van der Waals surface area contributed by atoms with Gasteiger partial charge in [-0.05, 0) is 25.0 Å². The first-order valence-electron chi connectivity index (χ1n) is 7.79. The fourth-order valence-corrected chi connectivity index (χ4v) is 3.79. The smallest absolute Gasteiger partial charge is 0.365 e. The van der Waals surface area contributed by atoms with E-state index in [2.05, 4.69) is 25.3 Å². The third kappa shape index (κ3) is 2.80. The minimum absolute atomic E-state index is 0.0209. The van der Waals surface area contributed by atoms with Gasteiger partial charge in [0.25, 0.3) is 0 Å². The Hall–Kier alpha value is -2.68. The summed E-state index contributed by atoms with van der Waals surface area (Å²) in [5.41, 5.74) is 0.562. The molecule has 0 spiro atoms. The highest BCUT2D eigenvalue weighted by atomic mass is 32.1. The van der Waals surface area contributed by atoms with Crippen molar-refractivity contribution in [3.05, 3.63) is 41.0 Å². The third-order valence-electron chi connectivity index (χ3n) is 4.49. The van der Waals surface area contributed by atoms with Crippen LogP contribution in [0.25, 0.3) is 10.3 Å². The first kappa shape index (κ1) is 15.8. The molecule has 0 amide bonds. The maximum Gasteiger partial charge on any atom is 0.365 e. The topological polar surface area (TPSA) is 101 Å². The molecule has 128 valence electrons. The fourth-order valence-electron chi connectivity index (χ4n) is 3.04. The second kappa shape index (κ2) is 5.99. The lowest BCUT2D eigenvalue weighted by atomic mass is 9.66. The molecule has 2 N–H and O–H groups in total. The lowest BCUT2D eigenvalue weighted by Gasteiger charge is -2.41. The first-order chi connectivity index (χ1) is 12.1. The van der Waals surface area contributed by atoms with Crippen molar-refractivity contribution in [2.24, 2.45) is 0 Å². The van der Waals surface area contributed by atoms with E-state index < -0.39 is 5.97 Å². The summed E-state index contributed by atoms with van der Waals surface area (Å²) >= 11 is 0.997. The van der Waals surface area contributed by atoms with Gasteiger partial charge in [0.05, 0.1) is 11.9 Å². The van der Waals surface area contributed by atoms with E-state index in [1.807, 2.05) is 0 Å². The monoisotopic (exact) mass is 359 g/mol. The van der Waals surface area contributed by atoms with E-state index in [4.69, 9.17) is 5.11 Å². The van der Waals surface area contributed by atoms with Crippen LogP contribution in [0.5, 0.6) is 0 Å². The van der Waals surface area contributed by atoms with Gasteiger partial charge in [-0.3, -0.25) is 4.98 Å². The standard InChI is InChI=1S/C16H14FN5O2S/c17-9-3-1-6-18-11(9)16(4-2-5-16)8-20-15-19-7-10-12(22-15)25-13(21-10)14(23)24/h1,3,6-7H,2,4-5,8H2,(H,23,24)(H,19,20,22). The van der Waals surface area contributed by atoms with Crippen LogP contribution < -0.4 is 5.32 Å². The maximum absolute atomic E-state index is 14.1. The Balaban J connectivity index is 1.57. The number of anilines is 1. The van der Waals surface area contributed by atoms with Gasteiger partial charge in [-0.1, -0.05) is 17.8 Å². The lowest BCUT2D eigenvalue weighted by Crippen LogP contribution is -2.42. The SMILES string of the molecule is O=C(O)c1nc2cnc(NCC3(c4ncccc4F)CCC3)nc2s1. The van der Waals surface area contributed by atoms with Crippen molar-refractivity contribution >= 4 is 33.6 Å². The highest BCUT2D eigenvalue weighted by Gasteiger charge is 2.41. The molecule has 4 rings (SSSR count). The van der Waals surface area contributed by atoms with Crippen LogP contribution in [0.2, 0.25) is 0 Å². The third-order valence-corrected chi connectivity index (χ3v) is 5.44. The molecule has 25 heavy (non-hydrogen) atoms. The van der Waals surface area contributed by atoms with Gasteiger partial charge in [0.15, 0.2) is 0 Å². The number of hydrogen-bond donors (Lipinski definition) is 2. The number of halogens is 1. The van der Waals surface area contributed by atoms with Crippen LogP contribution in [0.15, 0.2) is 24.5 Å². The summed E-state index contributed by atoms with van der Waals surface area (Å²) in [6, 6.07) is 3.01. The molecule has 0 aliphatic heterocycles. The van der Waals surface area contributed by atoms with Crippen molar-refractivity contribution in [3.8, 4) is 0 Å². The zero-order valence-electron chi connectivity index (χ0n) is 13.1. The normalized spacial score (nSPS) is 15.7. The molecular formula is C16H14FN5O2S. The molecular weight excluding hydrogens is 345 g/mol. The minimum atomic E-state index is -1.09. The number of carboxylic acids is 1. The van der Waals surface area contributed by atoms with Gasteiger partial charge in [-0.2, -0.15) is 0 Å². The van der Waals surface area contributed by atoms with Gasteiger partial charge in [0, 0.05) is 18.2 Å². The van der Waals surface area contributed by atoms with E-state index in [9.17, 15) is 9.18 Å². The summed E-state index contributed by atoms with van der Waals surface area (Å²) in [4.78, 5) is 28.2. The lowest BCUT2D eigenvalue weighted by molar-refractivity contribution is 0.0696. The number of rotatable bonds is 5. The van der Waals surface area contributed by atoms with Gasteiger partial charge in [0.2, 0.25) is 11.0 Å². The molecule has 3 aromatic heterocycles. The van der Waals surface area contributed by atoms with Gasteiger partial charge >= 0.3 is 5.97 Å². The van der Waals surface area contributed by atoms with Crippen LogP contribution in [0.4, 0.5) is 10.3 Å². The van der Waals surface area contributed by atoms with Gasteiger partial charge in [-0.15, -0.1) is 0 Å². The number of hydrogen-bond acceptors (Lipinski definition) is 7. The van der Waals surface area contributed by atoms with Crippen molar-refractivity contribution in [3.63, 3.8) is 0 Å². The Morgan fingerprint density at radius 1 is 1.36 bits per heavy atom. The number of nitrogens with one attached hydrogen (secondary N) is 1. The quantitative estimate of drug-likeness (QED) is 0.722. The number of fused-ring (bicyclic) bond motifs is 1. The van der Waals surface area contributed by atoms with E-state index in [1.54, 1.807) is 12.3 Å². The zero-order valence-corrected chi connectivity index (χ0v) is 13.9. The molecule has 0 atom stereocenters. The average molecular weight is 359 g/mol. The Kier molecular flexibility index (Phi) is 3.79. The Bertz CT molecular complexity index is 957. The Labute approximate surface area is 146 Å². The molecule has 7 nitrogen and oxygen atoms in total. The van der Waals surface area contributed by atoms with E-state index >= 15 is 0 Å².